The first-order valence-electron chi connectivity index (χ1n) is 5.98. The summed E-state index contributed by atoms with van der Waals surface area (Å²) in [5.74, 6) is 0.261. The number of thiazole rings is 1. The fourth-order valence-electron chi connectivity index (χ4n) is 1.75. The number of anilines is 2. The van der Waals surface area contributed by atoms with Crippen LogP contribution in [0.15, 0.2) is 58.4 Å². The van der Waals surface area contributed by atoms with Crippen molar-refractivity contribution in [3.8, 4) is 17.0 Å². The van der Waals surface area contributed by atoms with E-state index in [1.54, 1.807) is 23.5 Å². The molecule has 100 valence electrons. The number of nitrogens with zero attached hydrogens (tertiary/aromatic N) is 1. The predicted molar refractivity (Wildman–Crippen MR) is 86.6 cm³/mol. The lowest BCUT2D eigenvalue weighted by Crippen LogP contribution is -1.88. The first kappa shape index (κ1) is 13.1. The van der Waals surface area contributed by atoms with Crippen LogP contribution in [0.4, 0.5) is 10.8 Å². The molecule has 0 aliphatic carbocycles. The largest absolute Gasteiger partial charge is 0.508 e. The van der Waals surface area contributed by atoms with Crippen LogP contribution < -0.4 is 5.32 Å². The van der Waals surface area contributed by atoms with E-state index in [0.717, 1.165) is 26.5 Å². The molecule has 3 nitrogen and oxygen atoms in total. The maximum Gasteiger partial charge on any atom is 0.187 e. The second-order valence-corrected chi connectivity index (χ2v) is 5.99. The van der Waals surface area contributed by atoms with Gasteiger partial charge in [0.05, 0.1) is 5.69 Å². The maximum atomic E-state index is 9.29. The van der Waals surface area contributed by atoms with Crippen LogP contribution in [0.5, 0.6) is 5.75 Å². The van der Waals surface area contributed by atoms with Gasteiger partial charge in [-0.3, -0.25) is 0 Å². The monoisotopic (exact) mass is 346 g/mol. The summed E-state index contributed by atoms with van der Waals surface area (Å²) in [5, 5.41) is 15.4. The smallest absolute Gasteiger partial charge is 0.187 e. The second-order valence-electron chi connectivity index (χ2n) is 4.22. The van der Waals surface area contributed by atoms with E-state index < -0.39 is 0 Å². The molecule has 3 rings (SSSR count). The number of halogens is 1. The molecular formula is C15H11BrN2OS. The summed E-state index contributed by atoms with van der Waals surface area (Å²) in [7, 11) is 0. The molecule has 20 heavy (non-hydrogen) atoms. The average molecular weight is 347 g/mol. The van der Waals surface area contributed by atoms with Crippen molar-refractivity contribution in [2.45, 2.75) is 0 Å². The summed E-state index contributed by atoms with van der Waals surface area (Å²) in [6.45, 7) is 0. The van der Waals surface area contributed by atoms with Gasteiger partial charge in [0, 0.05) is 21.1 Å². The minimum atomic E-state index is 0.261. The van der Waals surface area contributed by atoms with E-state index in [1.807, 2.05) is 41.8 Å². The molecule has 0 spiro atoms. The molecule has 2 aromatic carbocycles. The molecule has 1 aromatic heterocycles. The zero-order chi connectivity index (χ0) is 13.9. The molecular weight excluding hydrogens is 336 g/mol. The standard InChI is InChI=1S/C15H11BrN2OS/c16-11-3-5-12(6-4-11)17-15-18-14(9-20-15)10-1-7-13(19)8-2-10/h1-9,19H,(H,17,18). The first-order valence-corrected chi connectivity index (χ1v) is 7.65. The molecule has 0 fully saturated rings. The summed E-state index contributed by atoms with van der Waals surface area (Å²) < 4.78 is 1.05. The molecule has 0 atom stereocenters. The Morgan fingerprint density at radius 1 is 1.00 bits per heavy atom. The Balaban J connectivity index is 1.80. The molecule has 0 saturated heterocycles. The van der Waals surface area contributed by atoms with E-state index >= 15 is 0 Å². The number of phenols is 1. The Hall–Kier alpha value is -1.85. The number of phenolic OH excluding ortho intramolecular Hbond substituents is 1. The normalized spacial score (nSPS) is 10.4. The maximum absolute atomic E-state index is 9.29. The fraction of sp³-hybridized carbons (Fsp3) is 0. The summed E-state index contributed by atoms with van der Waals surface area (Å²) >= 11 is 4.96. The zero-order valence-corrected chi connectivity index (χ0v) is 12.8. The molecule has 0 amide bonds. The van der Waals surface area contributed by atoms with Crippen LogP contribution in [0, 0.1) is 0 Å². The summed E-state index contributed by atoms with van der Waals surface area (Å²) in [5.41, 5.74) is 2.89. The number of rotatable bonds is 3. The van der Waals surface area contributed by atoms with E-state index in [-0.39, 0.29) is 5.75 Å². The van der Waals surface area contributed by atoms with Gasteiger partial charge in [-0.25, -0.2) is 4.98 Å². The van der Waals surface area contributed by atoms with E-state index in [4.69, 9.17) is 0 Å². The van der Waals surface area contributed by atoms with Crippen molar-refractivity contribution in [2.75, 3.05) is 5.32 Å². The SMILES string of the molecule is Oc1ccc(-c2csc(Nc3ccc(Br)cc3)n2)cc1. The summed E-state index contributed by atoms with van der Waals surface area (Å²) in [6.07, 6.45) is 0. The molecule has 0 saturated carbocycles. The summed E-state index contributed by atoms with van der Waals surface area (Å²) in [4.78, 5) is 4.54. The van der Waals surface area contributed by atoms with Crippen molar-refractivity contribution >= 4 is 38.1 Å². The average Bonchev–Trinajstić information content (AvgIpc) is 2.91. The van der Waals surface area contributed by atoms with Gasteiger partial charge < -0.3 is 10.4 Å². The molecule has 0 bridgehead atoms. The van der Waals surface area contributed by atoms with Crippen molar-refractivity contribution in [3.63, 3.8) is 0 Å². The lowest BCUT2D eigenvalue weighted by atomic mass is 10.2. The van der Waals surface area contributed by atoms with Gasteiger partial charge in [-0.2, -0.15) is 0 Å². The highest BCUT2D eigenvalue weighted by molar-refractivity contribution is 9.10. The molecule has 0 unspecified atom stereocenters. The van der Waals surface area contributed by atoms with Gasteiger partial charge in [-0.1, -0.05) is 15.9 Å². The lowest BCUT2D eigenvalue weighted by Gasteiger charge is -2.02. The highest BCUT2D eigenvalue weighted by atomic mass is 79.9. The van der Waals surface area contributed by atoms with E-state index in [2.05, 4.69) is 26.2 Å². The zero-order valence-electron chi connectivity index (χ0n) is 10.4. The third kappa shape index (κ3) is 3.00. The molecule has 3 aromatic rings. The van der Waals surface area contributed by atoms with E-state index in [0.29, 0.717) is 0 Å². The van der Waals surface area contributed by atoms with Crippen molar-refractivity contribution in [2.24, 2.45) is 0 Å². The van der Waals surface area contributed by atoms with Gasteiger partial charge in [-0.05, 0) is 48.5 Å². The molecule has 2 N–H and O–H groups in total. The second kappa shape index (κ2) is 5.64. The quantitative estimate of drug-likeness (QED) is 0.699. The first-order chi connectivity index (χ1) is 9.70. The third-order valence-electron chi connectivity index (χ3n) is 2.76. The molecule has 0 aliphatic rings. The van der Waals surface area contributed by atoms with Crippen molar-refractivity contribution in [3.05, 3.63) is 58.4 Å². The predicted octanol–water partition coefficient (Wildman–Crippen LogP) is 5.02. The van der Waals surface area contributed by atoms with Crippen LogP contribution in [-0.2, 0) is 0 Å². The third-order valence-corrected chi connectivity index (χ3v) is 4.05. The minimum Gasteiger partial charge on any atom is -0.508 e. The summed E-state index contributed by atoms with van der Waals surface area (Å²) in [6, 6.07) is 15.0. The molecule has 5 heteroatoms. The Bertz CT molecular complexity index is 707. The highest BCUT2D eigenvalue weighted by Crippen LogP contribution is 2.28. The lowest BCUT2D eigenvalue weighted by molar-refractivity contribution is 0.475. The number of hydrogen-bond acceptors (Lipinski definition) is 4. The Morgan fingerprint density at radius 2 is 1.70 bits per heavy atom. The number of hydrogen-bond donors (Lipinski definition) is 2. The number of aromatic nitrogens is 1. The Labute approximate surface area is 129 Å². The van der Waals surface area contributed by atoms with Crippen LogP contribution in [0.1, 0.15) is 0 Å². The van der Waals surface area contributed by atoms with Crippen LogP contribution in [-0.4, -0.2) is 10.1 Å². The van der Waals surface area contributed by atoms with E-state index in [1.165, 1.54) is 0 Å². The topological polar surface area (TPSA) is 45.1 Å². The number of benzene rings is 2. The molecule has 0 aliphatic heterocycles. The molecule has 1 heterocycles. The number of nitrogens with one attached hydrogen (secondary N) is 1. The Morgan fingerprint density at radius 3 is 2.40 bits per heavy atom. The highest BCUT2D eigenvalue weighted by Gasteiger charge is 2.05. The van der Waals surface area contributed by atoms with Crippen LogP contribution >= 0.6 is 27.3 Å². The van der Waals surface area contributed by atoms with Gasteiger partial charge in [-0.15, -0.1) is 11.3 Å². The molecule has 0 radical (unpaired) electrons. The van der Waals surface area contributed by atoms with Gasteiger partial charge in [0.1, 0.15) is 5.75 Å². The van der Waals surface area contributed by atoms with Crippen LogP contribution in [0.3, 0.4) is 0 Å². The van der Waals surface area contributed by atoms with Crippen molar-refractivity contribution < 1.29 is 5.11 Å². The van der Waals surface area contributed by atoms with Gasteiger partial charge in [0.15, 0.2) is 5.13 Å². The van der Waals surface area contributed by atoms with Gasteiger partial charge in [0.2, 0.25) is 0 Å². The Kier molecular flexibility index (Phi) is 3.71. The van der Waals surface area contributed by atoms with E-state index in [9.17, 15) is 5.11 Å². The fourth-order valence-corrected chi connectivity index (χ4v) is 2.76. The van der Waals surface area contributed by atoms with Gasteiger partial charge in [0.25, 0.3) is 0 Å². The van der Waals surface area contributed by atoms with Gasteiger partial charge >= 0.3 is 0 Å². The van der Waals surface area contributed by atoms with Crippen LogP contribution in [0.25, 0.3) is 11.3 Å². The minimum absolute atomic E-state index is 0.261. The van der Waals surface area contributed by atoms with Crippen LogP contribution in [0.2, 0.25) is 0 Å². The number of aromatic hydroxyl groups is 1. The van der Waals surface area contributed by atoms with Crippen molar-refractivity contribution in [1.29, 1.82) is 0 Å². The van der Waals surface area contributed by atoms with Crippen molar-refractivity contribution in [1.82, 2.24) is 4.98 Å².